The molecule has 1 aromatic rings. The third-order valence-electron chi connectivity index (χ3n) is 3.25. The summed E-state index contributed by atoms with van der Waals surface area (Å²) in [6.45, 7) is 0.999. The lowest BCUT2D eigenvalue weighted by molar-refractivity contribution is 0.0698. The third kappa shape index (κ3) is 2.50. The van der Waals surface area contributed by atoms with Gasteiger partial charge in [-0.05, 0) is 25.0 Å². The average Bonchev–Trinajstić information content (AvgIpc) is 2.38. The molecule has 0 aliphatic carbocycles. The minimum absolute atomic E-state index is 0.0849. The van der Waals surface area contributed by atoms with Gasteiger partial charge in [0.1, 0.15) is 5.82 Å². The van der Waals surface area contributed by atoms with E-state index in [1.807, 2.05) is 0 Å². The number of likely N-dealkylation sites (tertiary alicyclic amines) is 1. The largest absolute Gasteiger partial charge is 0.387 e. The molecule has 0 aromatic heterocycles. The Bertz CT molecular complexity index is 475. The lowest BCUT2D eigenvalue weighted by Crippen LogP contribution is -2.44. The summed E-state index contributed by atoms with van der Waals surface area (Å²) in [6, 6.07) is 5.96. The fourth-order valence-corrected chi connectivity index (χ4v) is 2.22. The van der Waals surface area contributed by atoms with Gasteiger partial charge in [0.15, 0.2) is 0 Å². The molecule has 1 atom stereocenters. The fraction of sp³-hybridized carbons (Fsp3) is 0.385. The quantitative estimate of drug-likeness (QED) is 0.617. The van der Waals surface area contributed by atoms with Crippen LogP contribution in [0.3, 0.4) is 0 Å². The summed E-state index contributed by atoms with van der Waals surface area (Å²) < 4.78 is 13.5. The topological polar surface area (TPSA) is 70.2 Å². The van der Waals surface area contributed by atoms with Gasteiger partial charge in [-0.2, -0.15) is 0 Å². The number of benzene rings is 1. The molecule has 1 aliphatic rings. The number of amidine groups is 1. The van der Waals surface area contributed by atoms with Crippen molar-refractivity contribution in [2.24, 2.45) is 11.7 Å². The van der Waals surface area contributed by atoms with Crippen molar-refractivity contribution in [2.45, 2.75) is 12.8 Å². The smallest absolute Gasteiger partial charge is 0.256 e. The molecule has 1 aromatic carbocycles. The third-order valence-corrected chi connectivity index (χ3v) is 3.25. The Morgan fingerprint density at radius 2 is 2.17 bits per heavy atom. The van der Waals surface area contributed by atoms with E-state index >= 15 is 0 Å². The van der Waals surface area contributed by atoms with Gasteiger partial charge >= 0.3 is 0 Å². The Hall–Kier alpha value is -1.91. The first-order chi connectivity index (χ1) is 8.59. The molecule has 4 nitrogen and oxygen atoms in total. The summed E-state index contributed by atoms with van der Waals surface area (Å²) in [7, 11) is 0. The Labute approximate surface area is 105 Å². The van der Waals surface area contributed by atoms with E-state index in [4.69, 9.17) is 11.1 Å². The van der Waals surface area contributed by atoms with Gasteiger partial charge in [0, 0.05) is 19.0 Å². The highest BCUT2D eigenvalue weighted by Crippen LogP contribution is 2.19. The SMILES string of the molecule is N=C(N)[C@H]1CCCN(C(=O)c2ccccc2F)C1. The van der Waals surface area contributed by atoms with E-state index in [1.165, 1.54) is 12.1 Å². The number of carbonyl (C=O) groups is 1. The van der Waals surface area contributed by atoms with Gasteiger partial charge in [0.25, 0.3) is 5.91 Å². The zero-order valence-corrected chi connectivity index (χ0v) is 10.0. The van der Waals surface area contributed by atoms with Crippen LogP contribution >= 0.6 is 0 Å². The van der Waals surface area contributed by atoms with Gasteiger partial charge in [0.05, 0.1) is 11.4 Å². The Kier molecular flexibility index (Phi) is 3.60. The monoisotopic (exact) mass is 249 g/mol. The van der Waals surface area contributed by atoms with Gasteiger partial charge < -0.3 is 10.6 Å². The first-order valence-corrected chi connectivity index (χ1v) is 5.97. The first kappa shape index (κ1) is 12.5. The lowest BCUT2D eigenvalue weighted by atomic mass is 9.96. The number of hydrogen-bond acceptors (Lipinski definition) is 2. The molecule has 0 spiro atoms. The summed E-state index contributed by atoms with van der Waals surface area (Å²) in [4.78, 5) is 13.7. The fourth-order valence-electron chi connectivity index (χ4n) is 2.22. The van der Waals surface area contributed by atoms with E-state index in [9.17, 15) is 9.18 Å². The molecule has 0 bridgehead atoms. The normalized spacial score (nSPS) is 19.6. The second-order valence-corrected chi connectivity index (χ2v) is 4.53. The van der Waals surface area contributed by atoms with Gasteiger partial charge in [-0.3, -0.25) is 10.2 Å². The minimum Gasteiger partial charge on any atom is -0.387 e. The highest BCUT2D eigenvalue weighted by Gasteiger charge is 2.27. The molecule has 0 saturated carbocycles. The van der Waals surface area contributed by atoms with Gasteiger partial charge in [-0.1, -0.05) is 12.1 Å². The Balaban J connectivity index is 2.14. The molecule has 96 valence electrons. The molecule has 1 amide bonds. The number of piperidine rings is 1. The zero-order valence-electron chi connectivity index (χ0n) is 10.0. The molecular weight excluding hydrogens is 233 g/mol. The molecular formula is C13H16FN3O. The van der Waals surface area contributed by atoms with E-state index in [0.29, 0.717) is 13.1 Å². The van der Waals surface area contributed by atoms with Gasteiger partial charge in [-0.25, -0.2) is 4.39 Å². The van der Waals surface area contributed by atoms with Crippen molar-refractivity contribution in [1.29, 1.82) is 5.41 Å². The maximum atomic E-state index is 13.5. The van der Waals surface area contributed by atoms with E-state index in [-0.39, 0.29) is 23.2 Å². The summed E-state index contributed by atoms with van der Waals surface area (Å²) in [5.74, 6) is -0.831. The molecule has 1 heterocycles. The van der Waals surface area contributed by atoms with Crippen molar-refractivity contribution in [3.63, 3.8) is 0 Å². The molecule has 1 fully saturated rings. The average molecular weight is 249 g/mol. The number of hydrogen-bond donors (Lipinski definition) is 2. The molecule has 1 saturated heterocycles. The highest BCUT2D eigenvalue weighted by molar-refractivity contribution is 5.95. The number of carbonyl (C=O) groups excluding carboxylic acids is 1. The van der Waals surface area contributed by atoms with Gasteiger partial charge in [0.2, 0.25) is 0 Å². The van der Waals surface area contributed by atoms with E-state index < -0.39 is 5.82 Å². The number of halogens is 1. The lowest BCUT2D eigenvalue weighted by Gasteiger charge is -2.32. The molecule has 0 radical (unpaired) electrons. The van der Waals surface area contributed by atoms with Crippen LogP contribution in [0.5, 0.6) is 0 Å². The van der Waals surface area contributed by atoms with E-state index in [0.717, 1.165) is 12.8 Å². The van der Waals surface area contributed by atoms with Crippen molar-refractivity contribution < 1.29 is 9.18 Å². The second-order valence-electron chi connectivity index (χ2n) is 4.53. The van der Waals surface area contributed by atoms with Crippen LogP contribution in [0.1, 0.15) is 23.2 Å². The number of nitrogens with two attached hydrogens (primary N) is 1. The van der Waals surface area contributed by atoms with Crippen LogP contribution in [0.2, 0.25) is 0 Å². The second kappa shape index (κ2) is 5.16. The zero-order chi connectivity index (χ0) is 13.1. The Morgan fingerprint density at radius 3 is 2.83 bits per heavy atom. The number of rotatable bonds is 2. The summed E-state index contributed by atoms with van der Waals surface area (Å²) in [5, 5.41) is 7.43. The molecule has 2 rings (SSSR count). The van der Waals surface area contributed by atoms with Crippen molar-refractivity contribution in [3.8, 4) is 0 Å². The van der Waals surface area contributed by atoms with Crippen LogP contribution in [-0.2, 0) is 0 Å². The Morgan fingerprint density at radius 1 is 1.44 bits per heavy atom. The van der Waals surface area contributed by atoms with Crippen LogP contribution < -0.4 is 5.73 Å². The van der Waals surface area contributed by atoms with Crippen LogP contribution in [0.15, 0.2) is 24.3 Å². The predicted molar refractivity (Wildman–Crippen MR) is 66.9 cm³/mol. The maximum absolute atomic E-state index is 13.5. The summed E-state index contributed by atoms with van der Waals surface area (Å²) >= 11 is 0. The van der Waals surface area contributed by atoms with E-state index in [2.05, 4.69) is 0 Å². The number of amides is 1. The number of nitrogens with zero attached hydrogens (tertiary/aromatic N) is 1. The van der Waals surface area contributed by atoms with Crippen molar-refractivity contribution in [3.05, 3.63) is 35.6 Å². The van der Waals surface area contributed by atoms with Crippen LogP contribution in [0.25, 0.3) is 0 Å². The van der Waals surface area contributed by atoms with E-state index in [1.54, 1.807) is 17.0 Å². The van der Waals surface area contributed by atoms with Crippen LogP contribution in [-0.4, -0.2) is 29.7 Å². The van der Waals surface area contributed by atoms with Crippen molar-refractivity contribution in [2.75, 3.05) is 13.1 Å². The van der Waals surface area contributed by atoms with Crippen molar-refractivity contribution in [1.82, 2.24) is 4.90 Å². The van der Waals surface area contributed by atoms with Gasteiger partial charge in [-0.15, -0.1) is 0 Å². The summed E-state index contributed by atoms with van der Waals surface area (Å²) in [6.07, 6.45) is 1.61. The first-order valence-electron chi connectivity index (χ1n) is 5.97. The molecule has 18 heavy (non-hydrogen) atoms. The molecule has 1 aliphatic heterocycles. The molecule has 0 unspecified atom stereocenters. The molecule has 3 N–H and O–H groups in total. The number of nitrogens with one attached hydrogen (secondary N) is 1. The predicted octanol–water partition coefficient (Wildman–Crippen LogP) is 1.61. The van der Waals surface area contributed by atoms with Crippen molar-refractivity contribution >= 4 is 11.7 Å². The highest BCUT2D eigenvalue weighted by atomic mass is 19.1. The minimum atomic E-state index is -0.507. The standard InChI is InChI=1S/C13H16FN3O/c14-11-6-2-1-5-10(11)13(18)17-7-3-4-9(8-17)12(15)16/h1-2,5-6,9H,3-4,7-8H2,(H3,15,16)/t9-/m0/s1. The molecule has 5 heteroatoms. The maximum Gasteiger partial charge on any atom is 0.256 e. The summed E-state index contributed by atoms with van der Waals surface area (Å²) in [5.41, 5.74) is 5.55. The van der Waals surface area contributed by atoms with Crippen LogP contribution in [0.4, 0.5) is 4.39 Å². The van der Waals surface area contributed by atoms with Crippen LogP contribution in [0, 0.1) is 17.1 Å².